The van der Waals surface area contributed by atoms with Crippen LogP contribution in [0.4, 0.5) is 0 Å². The number of ether oxygens (including phenoxy) is 1. The van der Waals surface area contributed by atoms with E-state index in [1.54, 1.807) is 0 Å². The molecule has 1 fully saturated rings. The van der Waals surface area contributed by atoms with Crippen molar-refractivity contribution in [1.82, 2.24) is 5.32 Å². The highest BCUT2D eigenvalue weighted by atomic mass is 79.9. The molecular formula is C16H24BrNO. The number of benzene rings is 1. The molecule has 0 radical (unpaired) electrons. The molecule has 106 valence electrons. The lowest BCUT2D eigenvalue weighted by atomic mass is 9.92. The van der Waals surface area contributed by atoms with Crippen LogP contribution in [0.25, 0.3) is 0 Å². The van der Waals surface area contributed by atoms with Crippen molar-refractivity contribution >= 4 is 15.9 Å². The summed E-state index contributed by atoms with van der Waals surface area (Å²) in [4.78, 5) is 0. The Morgan fingerprint density at radius 1 is 1.42 bits per heavy atom. The topological polar surface area (TPSA) is 21.3 Å². The molecule has 19 heavy (non-hydrogen) atoms. The summed E-state index contributed by atoms with van der Waals surface area (Å²) in [5, 5.41) is 3.57. The zero-order valence-electron chi connectivity index (χ0n) is 11.9. The molecule has 2 nitrogen and oxygen atoms in total. The van der Waals surface area contributed by atoms with Gasteiger partial charge in [0.05, 0.1) is 6.10 Å². The molecular weight excluding hydrogens is 302 g/mol. The molecule has 1 aliphatic heterocycles. The SMILES string of the molecule is CC(C)NCC(CC1CCCO1)c1cccc(Br)c1. The average Bonchev–Trinajstić information content (AvgIpc) is 2.87. The summed E-state index contributed by atoms with van der Waals surface area (Å²) in [5.41, 5.74) is 1.40. The molecule has 0 bridgehead atoms. The van der Waals surface area contributed by atoms with E-state index in [1.807, 2.05) is 0 Å². The monoisotopic (exact) mass is 325 g/mol. The van der Waals surface area contributed by atoms with E-state index < -0.39 is 0 Å². The Morgan fingerprint density at radius 3 is 2.89 bits per heavy atom. The van der Waals surface area contributed by atoms with E-state index in [0.29, 0.717) is 18.1 Å². The Kier molecular flexibility index (Phi) is 5.86. The van der Waals surface area contributed by atoms with Gasteiger partial charge in [0.2, 0.25) is 0 Å². The summed E-state index contributed by atoms with van der Waals surface area (Å²) in [7, 11) is 0. The van der Waals surface area contributed by atoms with Gasteiger partial charge in [-0.1, -0.05) is 41.9 Å². The molecule has 2 atom stereocenters. The summed E-state index contributed by atoms with van der Waals surface area (Å²) in [6.07, 6.45) is 3.99. The summed E-state index contributed by atoms with van der Waals surface area (Å²) < 4.78 is 6.96. The third kappa shape index (κ3) is 4.90. The fraction of sp³-hybridized carbons (Fsp3) is 0.625. The van der Waals surface area contributed by atoms with Crippen LogP contribution in [0, 0.1) is 0 Å². The third-order valence-corrected chi connectivity index (χ3v) is 4.16. The maximum absolute atomic E-state index is 5.80. The first-order valence-electron chi connectivity index (χ1n) is 7.25. The average molecular weight is 326 g/mol. The van der Waals surface area contributed by atoms with Crippen molar-refractivity contribution in [3.05, 3.63) is 34.3 Å². The van der Waals surface area contributed by atoms with Gasteiger partial charge >= 0.3 is 0 Å². The molecule has 1 aromatic carbocycles. The van der Waals surface area contributed by atoms with Gasteiger partial charge in [-0.3, -0.25) is 0 Å². The molecule has 2 unspecified atom stereocenters. The Balaban J connectivity index is 2.03. The fourth-order valence-electron chi connectivity index (χ4n) is 2.62. The molecule has 3 heteroatoms. The molecule has 1 aromatic rings. The summed E-state index contributed by atoms with van der Waals surface area (Å²) in [6, 6.07) is 9.20. The normalized spacial score (nSPS) is 20.9. The lowest BCUT2D eigenvalue weighted by Crippen LogP contribution is -2.29. The van der Waals surface area contributed by atoms with Gasteiger partial charge in [0.25, 0.3) is 0 Å². The number of nitrogens with one attached hydrogen (secondary N) is 1. The van der Waals surface area contributed by atoms with Crippen LogP contribution in [0.15, 0.2) is 28.7 Å². The molecule has 0 aromatic heterocycles. The van der Waals surface area contributed by atoms with E-state index in [-0.39, 0.29) is 0 Å². The molecule has 1 N–H and O–H groups in total. The summed E-state index contributed by atoms with van der Waals surface area (Å²) in [6.45, 7) is 6.36. The van der Waals surface area contributed by atoms with Crippen molar-refractivity contribution in [1.29, 1.82) is 0 Å². The molecule has 0 saturated carbocycles. The summed E-state index contributed by atoms with van der Waals surface area (Å²) in [5.74, 6) is 0.531. The molecule has 1 aliphatic rings. The second-order valence-electron chi connectivity index (χ2n) is 5.69. The van der Waals surface area contributed by atoms with Gasteiger partial charge in [-0.25, -0.2) is 0 Å². The predicted octanol–water partition coefficient (Wildman–Crippen LogP) is 4.10. The molecule has 1 saturated heterocycles. The zero-order valence-corrected chi connectivity index (χ0v) is 13.4. The number of hydrogen-bond donors (Lipinski definition) is 1. The van der Waals surface area contributed by atoms with Crippen LogP contribution in [0.5, 0.6) is 0 Å². The quantitative estimate of drug-likeness (QED) is 0.850. The molecule has 0 amide bonds. The zero-order chi connectivity index (χ0) is 13.7. The van der Waals surface area contributed by atoms with E-state index >= 15 is 0 Å². The van der Waals surface area contributed by atoms with Crippen LogP contribution in [0.2, 0.25) is 0 Å². The minimum atomic E-state index is 0.443. The highest BCUT2D eigenvalue weighted by Crippen LogP contribution is 2.28. The number of rotatable bonds is 6. The van der Waals surface area contributed by atoms with Gasteiger partial charge in [-0.05, 0) is 42.9 Å². The first-order chi connectivity index (χ1) is 9.15. The molecule has 1 heterocycles. The van der Waals surface area contributed by atoms with Crippen LogP contribution in [-0.4, -0.2) is 25.3 Å². The molecule has 2 rings (SSSR count). The summed E-state index contributed by atoms with van der Waals surface area (Å²) >= 11 is 3.57. The van der Waals surface area contributed by atoms with Gasteiger partial charge in [0.15, 0.2) is 0 Å². The maximum atomic E-state index is 5.80. The Labute approximate surface area is 125 Å². The smallest absolute Gasteiger partial charge is 0.0582 e. The lowest BCUT2D eigenvalue weighted by molar-refractivity contribution is 0.0975. The van der Waals surface area contributed by atoms with Gasteiger partial charge in [-0.15, -0.1) is 0 Å². The van der Waals surface area contributed by atoms with Crippen LogP contribution in [0.3, 0.4) is 0 Å². The highest BCUT2D eigenvalue weighted by Gasteiger charge is 2.22. The van der Waals surface area contributed by atoms with Crippen LogP contribution >= 0.6 is 15.9 Å². The molecule has 0 aliphatic carbocycles. The van der Waals surface area contributed by atoms with Crippen molar-refractivity contribution < 1.29 is 4.74 Å². The molecule has 0 spiro atoms. The third-order valence-electron chi connectivity index (χ3n) is 3.66. The number of hydrogen-bond acceptors (Lipinski definition) is 2. The first kappa shape index (κ1) is 15.0. The van der Waals surface area contributed by atoms with Gasteiger partial charge in [0, 0.05) is 23.7 Å². The van der Waals surface area contributed by atoms with Crippen molar-refractivity contribution in [3.8, 4) is 0 Å². The van der Waals surface area contributed by atoms with Crippen LogP contribution in [-0.2, 0) is 4.74 Å². The standard InChI is InChI=1S/C16H24BrNO/c1-12(2)18-11-14(10-16-7-4-8-19-16)13-5-3-6-15(17)9-13/h3,5-6,9,12,14,16,18H,4,7-8,10-11H2,1-2H3. The minimum absolute atomic E-state index is 0.443. The first-order valence-corrected chi connectivity index (χ1v) is 8.05. The largest absolute Gasteiger partial charge is 0.378 e. The van der Waals surface area contributed by atoms with Gasteiger partial charge < -0.3 is 10.1 Å². The Hall–Kier alpha value is -0.380. The minimum Gasteiger partial charge on any atom is -0.378 e. The predicted molar refractivity (Wildman–Crippen MR) is 83.6 cm³/mol. The van der Waals surface area contributed by atoms with Crippen molar-refractivity contribution in [3.63, 3.8) is 0 Å². The van der Waals surface area contributed by atoms with Crippen molar-refractivity contribution in [2.24, 2.45) is 0 Å². The second-order valence-corrected chi connectivity index (χ2v) is 6.60. The Morgan fingerprint density at radius 2 is 2.26 bits per heavy atom. The van der Waals surface area contributed by atoms with Gasteiger partial charge in [0.1, 0.15) is 0 Å². The van der Waals surface area contributed by atoms with Gasteiger partial charge in [-0.2, -0.15) is 0 Å². The van der Waals surface area contributed by atoms with Crippen molar-refractivity contribution in [2.75, 3.05) is 13.2 Å². The number of halogens is 1. The van der Waals surface area contributed by atoms with E-state index in [2.05, 4.69) is 59.4 Å². The van der Waals surface area contributed by atoms with Crippen LogP contribution < -0.4 is 5.32 Å². The van der Waals surface area contributed by atoms with E-state index in [9.17, 15) is 0 Å². The van der Waals surface area contributed by atoms with E-state index in [4.69, 9.17) is 4.74 Å². The lowest BCUT2D eigenvalue weighted by Gasteiger charge is -2.23. The maximum Gasteiger partial charge on any atom is 0.0582 e. The van der Waals surface area contributed by atoms with E-state index in [1.165, 1.54) is 18.4 Å². The van der Waals surface area contributed by atoms with E-state index in [0.717, 1.165) is 24.0 Å². The Bertz CT molecular complexity index is 388. The highest BCUT2D eigenvalue weighted by molar-refractivity contribution is 9.10. The van der Waals surface area contributed by atoms with Crippen LogP contribution in [0.1, 0.15) is 44.6 Å². The fourth-order valence-corrected chi connectivity index (χ4v) is 3.04. The van der Waals surface area contributed by atoms with Crippen molar-refractivity contribution in [2.45, 2.75) is 51.2 Å². The second kappa shape index (κ2) is 7.41.